The molecule has 23 heavy (non-hydrogen) atoms. The first-order valence-electron chi connectivity index (χ1n) is 7.30. The van der Waals surface area contributed by atoms with E-state index in [2.05, 4.69) is 5.32 Å². The summed E-state index contributed by atoms with van der Waals surface area (Å²) in [5.74, 6) is -0.629. The predicted molar refractivity (Wildman–Crippen MR) is 87.6 cm³/mol. The van der Waals surface area contributed by atoms with Crippen LogP contribution in [0, 0.1) is 0 Å². The Morgan fingerprint density at radius 1 is 1.39 bits per heavy atom. The smallest absolute Gasteiger partial charge is 0.273 e. The quantitative estimate of drug-likeness (QED) is 0.794. The standard InChI is InChI=1S/C13H20N2O5S3/c1-4-11(16)15-23(19,20)12-7-9-10(14-5-2)6-8(3)22(17,18)13(9)21-12/h7-8,10,14H,4-6H2,1-3H3,(H,15,16)/t8-,10-/m0/s1. The average Bonchev–Trinajstić information content (AvgIpc) is 2.92. The molecule has 1 amide bonds. The molecule has 0 saturated carbocycles. The molecular weight excluding hydrogens is 360 g/mol. The Labute approximate surface area is 140 Å². The molecule has 0 fully saturated rings. The molecule has 2 atom stereocenters. The number of amides is 1. The molecule has 0 aromatic carbocycles. The van der Waals surface area contributed by atoms with Gasteiger partial charge in [0.25, 0.3) is 10.0 Å². The maximum absolute atomic E-state index is 12.5. The van der Waals surface area contributed by atoms with Crippen molar-refractivity contribution >= 4 is 37.1 Å². The first-order chi connectivity index (χ1) is 10.6. The minimum atomic E-state index is -4.04. The highest BCUT2D eigenvalue weighted by Crippen LogP contribution is 2.42. The van der Waals surface area contributed by atoms with Crippen LogP contribution in [0.2, 0.25) is 0 Å². The average molecular weight is 381 g/mol. The fourth-order valence-electron chi connectivity index (χ4n) is 2.44. The molecule has 0 aliphatic carbocycles. The number of hydrogen-bond donors (Lipinski definition) is 2. The van der Waals surface area contributed by atoms with Crippen molar-refractivity contribution in [3.63, 3.8) is 0 Å². The zero-order valence-corrected chi connectivity index (χ0v) is 15.6. The third-order valence-electron chi connectivity index (χ3n) is 3.72. The van der Waals surface area contributed by atoms with Gasteiger partial charge in [-0.05, 0) is 26.0 Å². The molecule has 7 nitrogen and oxygen atoms in total. The predicted octanol–water partition coefficient (Wildman–Crippen LogP) is 1.18. The van der Waals surface area contributed by atoms with Gasteiger partial charge in [-0.15, -0.1) is 11.3 Å². The Bertz CT molecular complexity index is 811. The van der Waals surface area contributed by atoms with E-state index in [0.29, 0.717) is 29.9 Å². The number of hydrogen-bond acceptors (Lipinski definition) is 7. The van der Waals surface area contributed by atoms with Gasteiger partial charge in [0, 0.05) is 18.0 Å². The molecular formula is C13H20N2O5S3. The van der Waals surface area contributed by atoms with Crippen LogP contribution in [-0.4, -0.2) is 34.5 Å². The lowest BCUT2D eigenvalue weighted by Crippen LogP contribution is -2.33. The minimum absolute atomic E-state index is 0.0274. The molecule has 2 rings (SSSR count). The van der Waals surface area contributed by atoms with E-state index in [9.17, 15) is 21.6 Å². The van der Waals surface area contributed by atoms with E-state index in [-0.39, 0.29) is 20.9 Å². The fourth-order valence-corrected chi connectivity index (χ4v) is 7.50. The van der Waals surface area contributed by atoms with Crippen LogP contribution in [0.1, 0.15) is 45.2 Å². The molecule has 130 valence electrons. The summed E-state index contributed by atoms with van der Waals surface area (Å²) in [7, 11) is -7.59. The topological polar surface area (TPSA) is 109 Å². The normalized spacial score (nSPS) is 23.3. The van der Waals surface area contributed by atoms with E-state index in [1.54, 1.807) is 6.92 Å². The number of thiophene rings is 1. The Morgan fingerprint density at radius 2 is 2.04 bits per heavy atom. The highest BCUT2D eigenvalue weighted by molar-refractivity contribution is 7.95. The summed E-state index contributed by atoms with van der Waals surface area (Å²) >= 11 is 0.704. The van der Waals surface area contributed by atoms with Gasteiger partial charge in [-0.1, -0.05) is 13.8 Å². The highest BCUT2D eigenvalue weighted by atomic mass is 32.3. The molecule has 0 unspecified atom stereocenters. The second-order valence-electron chi connectivity index (χ2n) is 5.39. The van der Waals surface area contributed by atoms with Crippen molar-refractivity contribution < 1.29 is 21.6 Å². The first-order valence-corrected chi connectivity index (χ1v) is 11.1. The van der Waals surface area contributed by atoms with Gasteiger partial charge in [-0.25, -0.2) is 21.6 Å². The molecule has 0 spiro atoms. The van der Waals surface area contributed by atoms with Gasteiger partial charge in [0.1, 0.15) is 8.42 Å². The van der Waals surface area contributed by atoms with Crippen molar-refractivity contribution in [2.24, 2.45) is 0 Å². The number of carbonyl (C=O) groups is 1. The molecule has 1 aromatic rings. The molecule has 1 aliphatic rings. The Hall–Kier alpha value is -0.970. The van der Waals surface area contributed by atoms with Crippen molar-refractivity contribution in [1.29, 1.82) is 0 Å². The summed E-state index contributed by atoms with van der Waals surface area (Å²) in [5, 5.41) is 2.60. The first kappa shape index (κ1) is 18.4. The summed E-state index contributed by atoms with van der Waals surface area (Å²) in [6.07, 6.45) is 0.417. The van der Waals surface area contributed by atoms with E-state index in [0.717, 1.165) is 0 Å². The zero-order valence-electron chi connectivity index (χ0n) is 13.1. The van der Waals surface area contributed by atoms with E-state index in [4.69, 9.17) is 0 Å². The largest absolute Gasteiger partial charge is 0.310 e. The third kappa shape index (κ3) is 3.44. The molecule has 2 heterocycles. The lowest BCUT2D eigenvalue weighted by Gasteiger charge is -2.27. The summed E-state index contributed by atoms with van der Waals surface area (Å²) in [6.45, 7) is 5.70. The summed E-state index contributed by atoms with van der Waals surface area (Å²) in [6, 6.07) is 1.15. The van der Waals surface area contributed by atoms with Crippen molar-refractivity contribution in [2.45, 2.75) is 53.3 Å². The second-order valence-corrected chi connectivity index (χ2v) is 10.9. The van der Waals surface area contributed by atoms with Crippen LogP contribution in [0.15, 0.2) is 14.5 Å². The Kier molecular flexibility index (Phi) is 5.19. The van der Waals surface area contributed by atoms with Crippen LogP contribution in [0.3, 0.4) is 0 Å². The van der Waals surface area contributed by atoms with Gasteiger partial charge in [-0.2, -0.15) is 0 Å². The van der Waals surface area contributed by atoms with Gasteiger partial charge < -0.3 is 5.32 Å². The zero-order chi connectivity index (χ0) is 17.4. The van der Waals surface area contributed by atoms with Crippen LogP contribution >= 0.6 is 11.3 Å². The number of fused-ring (bicyclic) bond motifs is 1. The van der Waals surface area contributed by atoms with Gasteiger partial charge in [0.15, 0.2) is 9.84 Å². The third-order valence-corrected chi connectivity index (χ3v) is 9.46. The summed E-state index contributed by atoms with van der Waals surface area (Å²) in [4.78, 5) is 11.4. The second kappa shape index (κ2) is 6.50. The number of sulfonamides is 1. The van der Waals surface area contributed by atoms with Crippen molar-refractivity contribution in [1.82, 2.24) is 10.0 Å². The molecule has 0 radical (unpaired) electrons. The number of rotatable bonds is 5. The maximum Gasteiger partial charge on any atom is 0.273 e. The SMILES string of the molecule is CCN[C@H]1C[C@H](C)S(=O)(=O)c2sc(S(=O)(=O)NC(=O)CC)cc21. The van der Waals surface area contributed by atoms with Gasteiger partial charge in [0.05, 0.1) is 5.25 Å². The molecule has 1 aliphatic heterocycles. The lowest BCUT2D eigenvalue weighted by atomic mass is 10.1. The minimum Gasteiger partial charge on any atom is -0.310 e. The molecule has 2 N–H and O–H groups in total. The van der Waals surface area contributed by atoms with E-state index in [1.807, 2.05) is 11.6 Å². The summed E-state index contributed by atoms with van der Waals surface area (Å²) < 4.78 is 51.3. The van der Waals surface area contributed by atoms with Crippen LogP contribution in [-0.2, 0) is 24.7 Å². The molecule has 10 heteroatoms. The Morgan fingerprint density at radius 3 is 2.61 bits per heavy atom. The van der Waals surface area contributed by atoms with E-state index >= 15 is 0 Å². The van der Waals surface area contributed by atoms with E-state index < -0.39 is 31.0 Å². The number of carbonyl (C=O) groups excluding carboxylic acids is 1. The van der Waals surface area contributed by atoms with Gasteiger partial charge in [-0.3, -0.25) is 4.79 Å². The molecule has 0 bridgehead atoms. The lowest BCUT2D eigenvalue weighted by molar-refractivity contribution is -0.119. The van der Waals surface area contributed by atoms with Gasteiger partial charge >= 0.3 is 0 Å². The van der Waals surface area contributed by atoms with Crippen molar-refractivity contribution in [2.75, 3.05) is 6.54 Å². The van der Waals surface area contributed by atoms with Crippen LogP contribution < -0.4 is 10.0 Å². The van der Waals surface area contributed by atoms with E-state index in [1.165, 1.54) is 13.0 Å². The number of sulfone groups is 1. The van der Waals surface area contributed by atoms with Crippen LogP contribution in [0.25, 0.3) is 0 Å². The highest BCUT2D eigenvalue weighted by Gasteiger charge is 2.39. The number of nitrogens with one attached hydrogen (secondary N) is 2. The maximum atomic E-state index is 12.5. The summed E-state index contributed by atoms with van der Waals surface area (Å²) in [5.41, 5.74) is 0.472. The fraction of sp³-hybridized carbons (Fsp3) is 0.615. The van der Waals surface area contributed by atoms with Crippen molar-refractivity contribution in [3.8, 4) is 0 Å². The molecule has 1 aromatic heterocycles. The Balaban J connectivity index is 2.53. The molecule has 0 saturated heterocycles. The monoisotopic (exact) mass is 380 g/mol. The van der Waals surface area contributed by atoms with Gasteiger partial charge in [0.2, 0.25) is 5.91 Å². The van der Waals surface area contributed by atoms with Crippen molar-refractivity contribution in [3.05, 3.63) is 11.6 Å². The van der Waals surface area contributed by atoms with Crippen LogP contribution in [0.4, 0.5) is 0 Å². The van der Waals surface area contributed by atoms with Crippen LogP contribution in [0.5, 0.6) is 0 Å².